The summed E-state index contributed by atoms with van der Waals surface area (Å²) < 4.78 is 0. The van der Waals surface area contributed by atoms with Crippen LogP contribution in [0.5, 0.6) is 0 Å². The van der Waals surface area contributed by atoms with Crippen molar-refractivity contribution in [1.82, 2.24) is 0 Å². The topological polar surface area (TPSA) is 50.7 Å². The van der Waals surface area contributed by atoms with Crippen LogP contribution in [0.1, 0.15) is 23.6 Å². The summed E-state index contributed by atoms with van der Waals surface area (Å²) in [5.41, 5.74) is 9.54. The van der Waals surface area contributed by atoms with Crippen LogP contribution < -0.4 is 5.73 Å². The molecule has 3 heteroatoms. The van der Waals surface area contributed by atoms with Crippen LogP contribution in [-0.2, 0) is 0 Å². The number of nitrogens with zero attached hydrogens (tertiary/aromatic N) is 2. The first-order chi connectivity index (χ1) is 9.84. The number of nitrogens with two attached hydrogens (primary N) is 1. The van der Waals surface area contributed by atoms with Gasteiger partial charge in [-0.2, -0.15) is 10.2 Å². The van der Waals surface area contributed by atoms with E-state index in [1.165, 1.54) is 5.56 Å². The van der Waals surface area contributed by atoms with Crippen molar-refractivity contribution in [3.8, 4) is 0 Å². The molecule has 1 unspecified atom stereocenters. The van der Waals surface area contributed by atoms with Crippen molar-refractivity contribution < 1.29 is 0 Å². The Labute approximate surface area is 118 Å². The number of fused-ring (bicyclic) bond motifs is 1. The Morgan fingerprint density at radius 2 is 1.70 bits per heavy atom. The Bertz CT molecular complexity index is 632. The predicted molar refractivity (Wildman–Crippen MR) is 81.8 cm³/mol. The molecule has 3 rings (SSSR count). The summed E-state index contributed by atoms with van der Waals surface area (Å²) in [6.45, 7) is 0. The fourth-order valence-electron chi connectivity index (χ4n) is 2.41. The van der Waals surface area contributed by atoms with E-state index < -0.39 is 0 Å². The Balaban J connectivity index is 1.85. The molecule has 0 radical (unpaired) electrons. The molecule has 0 bridgehead atoms. The van der Waals surface area contributed by atoms with Gasteiger partial charge in [0.1, 0.15) is 0 Å². The van der Waals surface area contributed by atoms with Crippen LogP contribution in [0.3, 0.4) is 0 Å². The summed E-state index contributed by atoms with van der Waals surface area (Å²) in [7, 11) is 0. The second-order valence-corrected chi connectivity index (χ2v) is 4.91. The van der Waals surface area contributed by atoms with Crippen molar-refractivity contribution in [2.45, 2.75) is 18.5 Å². The van der Waals surface area contributed by atoms with E-state index >= 15 is 0 Å². The first-order valence-corrected chi connectivity index (χ1v) is 6.81. The van der Waals surface area contributed by atoms with Crippen LogP contribution in [0, 0.1) is 0 Å². The molecule has 0 amide bonds. The average Bonchev–Trinajstić information content (AvgIpc) is 2.66. The molecule has 2 N–H and O–H groups in total. The molecular weight excluding hydrogens is 246 g/mol. The molecule has 2 aromatic carbocycles. The van der Waals surface area contributed by atoms with Crippen molar-refractivity contribution in [3.05, 3.63) is 71.8 Å². The molecule has 0 saturated heterocycles. The maximum atomic E-state index is 6.36. The van der Waals surface area contributed by atoms with E-state index in [9.17, 15) is 0 Å². The third kappa shape index (κ3) is 2.68. The molecule has 0 heterocycles. The van der Waals surface area contributed by atoms with Crippen LogP contribution in [0.2, 0.25) is 0 Å². The standard InChI is InChI=1S/C17H17N3/c18-17-15-11-5-4-7-13(15)8-6-12-16(17)20-19-14-9-2-1-3-10-14/h1-11,16-17H,12,18H2/t16-,17?/m0/s1. The third-order valence-corrected chi connectivity index (χ3v) is 3.52. The van der Waals surface area contributed by atoms with Crippen molar-refractivity contribution in [2.24, 2.45) is 16.0 Å². The molecule has 1 aliphatic carbocycles. The molecule has 100 valence electrons. The van der Waals surface area contributed by atoms with Gasteiger partial charge in [-0.25, -0.2) is 0 Å². The highest BCUT2D eigenvalue weighted by Crippen LogP contribution is 2.28. The van der Waals surface area contributed by atoms with Gasteiger partial charge in [0, 0.05) is 0 Å². The Morgan fingerprint density at radius 3 is 2.55 bits per heavy atom. The zero-order valence-corrected chi connectivity index (χ0v) is 11.2. The van der Waals surface area contributed by atoms with Gasteiger partial charge in [-0.1, -0.05) is 54.6 Å². The van der Waals surface area contributed by atoms with Crippen molar-refractivity contribution in [1.29, 1.82) is 0 Å². The van der Waals surface area contributed by atoms with Crippen LogP contribution >= 0.6 is 0 Å². The van der Waals surface area contributed by atoms with Gasteiger partial charge < -0.3 is 5.73 Å². The molecule has 1 aliphatic rings. The quantitative estimate of drug-likeness (QED) is 0.809. The first-order valence-electron chi connectivity index (χ1n) is 6.81. The SMILES string of the molecule is NC1c2ccccc2C=CC[C@@H]1N=Nc1ccccc1. The van der Waals surface area contributed by atoms with Crippen molar-refractivity contribution in [3.63, 3.8) is 0 Å². The molecule has 20 heavy (non-hydrogen) atoms. The molecule has 0 saturated carbocycles. The van der Waals surface area contributed by atoms with Gasteiger partial charge in [-0.15, -0.1) is 0 Å². The highest BCUT2D eigenvalue weighted by Gasteiger charge is 2.22. The molecule has 0 aliphatic heterocycles. The van der Waals surface area contributed by atoms with E-state index in [0.717, 1.165) is 17.7 Å². The van der Waals surface area contributed by atoms with Gasteiger partial charge >= 0.3 is 0 Å². The lowest BCUT2D eigenvalue weighted by molar-refractivity contribution is 0.538. The van der Waals surface area contributed by atoms with Crippen LogP contribution in [-0.4, -0.2) is 6.04 Å². The lowest BCUT2D eigenvalue weighted by Crippen LogP contribution is -2.24. The highest BCUT2D eigenvalue weighted by atomic mass is 15.1. The van der Waals surface area contributed by atoms with Gasteiger partial charge in [0.05, 0.1) is 17.8 Å². The minimum atomic E-state index is -0.117. The molecule has 0 fully saturated rings. The van der Waals surface area contributed by atoms with Gasteiger partial charge in [0.2, 0.25) is 0 Å². The van der Waals surface area contributed by atoms with Gasteiger partial charge in [-0.3, -0.25) is 0 Å². The summed E-state index contributed by atoms with van der Waals surface area (Å²) in [6.07, 6.45) is 5.06. The fraction of sp³-hybridized carbons (Fsp3) is 0.176. The van der Waals surface area contributed by atoms with E-state index in [0.29, 0.717) is 0 Å². The summed E-state index contributed by atoms with van der Waals surface area (Å²) in [5, 5.41) is 8.75. The molecule has 0 aromatic heterocycles. The number of benzene rings is 2. The van der Waals surface area contributed by atoms with E-state index in [1.807, 2.05) is 42.5 Å². The zero-order chi connectivity index (χ0) is 13.8. The first kappa shape index (κ1) is 12.8. The van der Waals surface area contributed by atoms with Crippen molar-refractivity contribution in [2.75, 3.05) is 0 Å². The Hall–Kier alpha value is -2.26. The fourth-order valence-corrected chi connectivity index (χ4v) is 2.41. The highest BCUT2D eigenvalue weighted by molar-refractivity contribution is 5.56. The third-order valence-electron chi connectivity index (χ3n) is 3.52. The van der Waals surface area contributed by atoms with E-state index in [1.54, 1.807) is 0 Å². The summed E-state index contributed by atoms with van der Waals surface area (Å²) >= 11 is 0. The van der Waals surface area contributed by atoms with Gasteiger partial charge in [-0.05, 0) is 29.7 Å². The second kappa shape index (κ2) is 5.80. The monoisotopic (exact) mass is 263 g/mol. The molecule has 0 spiro atoms. The van der Waals surface area contributed by atoms with Gasteiger partial charge in [0.25, 0.3) is 0 Å². The van der Waals surface area contributed by atoms with Crippen LogP contribution in [0.4, 0.5) is 5.69 Å². The smallest absolute Gasteiger partial charge is 0.0939 e. The molecule has 3 nitrogen and oxygen atoms in total. The number of azo groups is 1. The Morgan fingerprint density at radius 1 is 0.950 bits per heavy atom. The van der Waals surface area contributed by atoms with Gasteiger partial charge in [0.15, 0.2) is 0 Å². The van der Waals surface area contributed by atoms with Crippen LogP contribution in [0.25, 0.3) is 6.08 Å². The van der Waals surface area contributed by atoms with Crippen LogP contribution in [0.15, 0.2) is 70.9 Å². The molecule has 2 aromatic rings. The lowest BCUT2D eigenvalue weighted by atomic mass is 9.97. The predicted octanol–water partition coefficient (Wildman–Crippen LogP) is 4.26. The van der Waals surface area contributed by atoms with E-state index in [-0.39, 0.29) is 12.1 Å². The summed E-state index contributed by atoms with van der Waals surface area (Å²) in [4.78, 5) is 0. The largest absolute Gasteiger partial charge is 0.322 e. The van der Waals surface area contributed by atoms with E-state index in [4.69, 9.17) is 5.73 Å². The number of hydrogen-bond acceptors (Lipinski definition) is 3. The Kier molecular flexibility index (Phi) is 3.70. The number of rotatable bonds is 2. The molecular formula is C17H17N3. The average molecular weight is 263 g/mol. The van der Waals surface area contributed by atoms with E-state index in [2.05, 4.69) is 34.5 Å². The second-order valence-electron chi connectivity index (χ2n) is 4.91. The number of hydrogen-bond donors (Lipinski definition) is 1. The minimum absolute atomic E-state index is 0.0184. The van der Waals surface area contributed by atoms with Crippen molar-refractivity contribution >= 4 is 11.8 Å². The molecule has 2 atom stereocenters. The summed E-state index contributed by atoms with van der Waals surface area (Å²) in [6, 6.07) is 17.8. The normalized spacial score (nSPS) is 21.6. The minimum Gasteiger partial charge on any atom is -0.322 e. The summed E-state index contributed by atoms with van der Waals surface area (Å²) in [5.74, 6) is 0. The maximum Gasteiger partial charge on any atom is 0.0939 e. The lowest BCUT2D eigenvalue weighted by Gasteiger charge is -2.18. The zero-order valence-electron chi connectivity index (χ0n) is 11.2. The maximum absolute atomic E-state index is 6.36.